The minimum absolute atomic E-state index is 0.000373. The molecule has 0 heterocycles. The molecule has 0 aliphatic heterocycles. The van der Waals surface area contributed by atoms with Crippen molar-refractivity contribution >= 4 is 11.6 Å². The number of anilines is 1. The number of carbonyl (C=O) groups excluding carboxylic acids is 1. The molecule has 2 N–H and O–H groups in total. The number of hydrogen-bond donors (Lipinski definition) is 2. The van der Waals surface area contributed by atoms with Crippen LogP contribution in [0.1, 0.15) is 29.5 Å². The molecule has 1 aliphatic carbocycles. The van der Waals surface area contributed by atoms with Crippen LogP contribution in [0, 0.1) is 20.8 Å². The highest BCUT2D eigenvalue weighted by Gasteiger charge is 2.29. The van der Waals surface area contributed by atoms with Crippen LogP contribution in [0.4, 0.5) is 5.69 Å². The Morgan fingerprint density at radius 2 is 1.90 bits per heavy atom. The number of nitrogens with one attached hydrogen (secondary N) is 1. The van der Waals surface area contributed by atoms with Gasteiger partial charge in [-0.15, -0.1) is 0 Å². The van der Waals surface area contributed by atoms with Gasteiger partial charge in [-0.25, -0.2) is 0 Å². The van der Waals surface area contributed by atoms with Gasteiger partial charge in [0.1, 0.15) is 0 Å². The Morgan fingerprint density at radius 1 is 1.30 bits per heavy atom. The van der Waals surface area contributed by atoms with E-state index in [1.54, 1.807) is 0 Å². The van der Waals surface area contributed by atoms with E-state index in [1.807, 2.05) is 13.8 Å². The lowest BCUT2D eigenvalue weighted by molar-refractivity contribution is -0.117. The van der Waals surface area contributed by atoms with Crippen molar-refractivity contribution in [3.63, 3.8) is 0 Å². The highest BCUT2D eigenvalue weighted by molar-refractivity contribution is 5.93. The molecular weight excluding hydrogens is 252 g/mol. The molecule has 1 fully saturated rings. The molecule has 0 unspecified atom stereocenters. The van der Waals surface area contributed by atoms with Crippen molar-refractivity contribution in [1.82, 2.24) is 4.90 Å². The predicted molar refractivity (Wildman–Crippen MR) is 81.0 cm³/mol. The van der Waals surface area contributed by atoms with Crippen molar-refractivity contribution in [2.24, 2.45) is 0 Å². The van der Waals surface area contributed by atoms with Crippen molar-refractivity contribution in [2.75, 3.05) is 25.0 Å². The van der Waals surface area contributed by atoms with Gasteiger partial charge in [0.2, 0.25) is 5.91 Å². The van der Waals surface area contributed by atoms with Crippen LogP contribution >= 0.6 is 0 Å². The number of aliphatic hydroxyl groups excluding tert-OH is 1. The van der Waals surface area contributed by atoms with Crippen molar-refractivity contribution < 1.29 is 9.90 Å². The average Bonchev–Trinajstić information content (AvgIpc) is 3.17. The van der Waals surface area contributed by atoms with Crippen LogP contribution in [0.25, 0.3) is 0 Å². The Kier molecular flexibility index (Phi) is 4.78. The third kappa shape index (κ3) is 3.81. The van der Waals surface area contributed by atoms with E-state index < -0.39 is 0 Å². The Labute approximate surface area is 120 Å². The largest absolute Gasteiger partial charge is 0.395 e. The summed E-state index contributed by atoms with van der Waals surface area (Å²) in [6.07, 6.45) is 2.27. The number of benzene rings is 1. The van der Waals surface area contributed by atoms with Crippen molar-refractivity contribution in [2.45, 2.75) is 39.7 Å². The first kappa shape index (κ1) is 15.0. The average molecular weight is 276 g/mol. The van der Waals surface area contributed by atoms with Gasteiger partial charge in [-0.3, -0.25) is 9.69 Å². The lowest BCUT2D eigenvalue weighted by Crippen LogP contribution is -2.37. The molecule has 0 spiro atoms. The lowest BCUT2D eigenvalue weighted by Gasteiger charge is -2.21. The van der Waals surface area contributed by atoms with E-state index in [0.29, 0.717) is 19.1 Å². The zero-order chi connectivity index (χ0) is 14.7. The lowest BCUT2D eigenvalue weighted by atomic mass is 10.1. The maximum atomic E-state index is 12.2. The normalized spacial score (nSPS) is 14.7. The van der Waals surface area contributed by atoms with Crippen LogP contribution in [-0.2, 0) is 4.79 Å². The summed E-state index contributed by atoms with van der Waals surface area (Å²) < 4.78 is 0. The van der Waals surface area contributed by atoms with E-state index in [9.17, 15) is 4.79 Å². The highest BCUT2D eigenvalue weighted by atomic mass is 16.3. The Hall–Kier alpha value is -1.39. The van der Waals surface area contributed by atoms with Gasteiger partial charge < -0.3 is 10.4 Å². The number of aryl methyl sites for hydroxylation is 3. The standard InChI is InChI=1S/C16H24N2O2/c1-11-8-12(2)16(13(3)9-11)17-15(20)10-18(6-7-19)14-4-5-14/h8-9,14,19H,4-7,10H2,1-3H3,(H,17,20). The molecule has 1 amide bonds. The minimum atomic E-state index is 0.000373. The van der Waals surface area contributed by atoms with Crippen molar-refractivity contribution in [3.8, 4) is 0 Å². The number of carbonyl (C=O) groups is 1. The van der Waals surface area contributed by atoms with Crippen LogP contribution < -0.4 is 5.32 Å². The van der Waals surface area contributed by atoms with Crippen LogP contribution in [0.3, 0.4) is 0 Å². The van der Waals surface area contributed by atoms with E-state index in [4.69, 9.17) is 5.11 Å². The third-order valence-corrected chi connectivity index (χ3v) is 3.74. The van der Waals surface area contributed by atoms with Crippen LogP contribution in [0.2, 0.25) is 0 Å². The number of rotatable bonds is 6. The monoisotopic (exact) mass is 276 g/mol. The second-order valence-corrected chi connectivity index (χ2v) is 5.75. The molecule has 20 heavy (non-hydrogen) atoms. The van der Waals surface area contributed by atoms with Gasteiger partial charge in [0.05, 0.1) is 13.2 Å². The molecule has 4 heteroatoms. The molecule has 0 bridgehead atoms. The van der Waals surface area contributed by atoms with Crippen LogP contribution in [-0.4, -0.2) is 41.7 Å². The van der Waals surface area contributed by atoms with E-state index in [1.165, 1.54) is 5.56 Å². The molecule has 1 aliphatic rings. The fourth-order valence-corrected chi connectivity index (χ4v) is 2.70. The summed E-state index contributed by atoms with van der Waals surface area (Å²) in [5, 5.41) is 12.1. The first-order valence-corrected chi connectivity index (χ1v) is 7.24. The molecule has 1 aromatic rings. The van der Waals surface area contributed by atoms with E-state index >= 15 is 0 Å². The summed E-state index contributed by atoms with van der Waals surface area (Å²) in [5.41, 5.74) is 4.31. The maximum Gasteiger partial charge on any atom is 0.238 e. The third-order valence-electron chi connectivity index (χ3n) is 3.74. The molecule has 0 saturated heterocycles. The second-order valence-electron chi connectivity index (χ2n) is 5.75. The fourth-order valence-electron chi connectivity index (χ4n) is 2.70. The molecule has 110 valence electrons. The minimum Gasteiger partial charge on any atom is -0.395 e. The molecule has 1 saturated carbocycles. The second kappa shape index (κ2) is 6.37. The number of aliphatic hydroxyl groups is 1. The van der Waals surface area contributed by atoms with E-state index in [0.717, 1.165) is 29.7 Å². The van der Waals surface area contributed by atoms with Gasteiger partial charge in [0.25, 0.3) is 0 Å². The molecular formula is C16H24N2O2. The van der Waals surface area contributed by atoms with Crippen LogP contribution in [0.5, 0.6) is 0 Å². The number of amides is 1. The van der Waals surface area contributed by atoms with E-state index in [-0.39, 0.29) is 12.5 Å². The fraction of sp³-hybridized carbons (Fsp3) is 0.562. The topological polar surface area (TPSA) is 52.6 Å². The van der Waals surface area contributed by atoms with Gasteiger partial charge in [-0.1, -0.05) is 17.7 Å². The number of nitrogens with zero attached hydrogens (tertiary/aromatic N) is 1. The molecule has 1 aromatic carbocycles. The zero-order valence-corrected chi connectivity index (χ0v) is 12.6. The summed E-state index contributed by atoms with van der Waals surface area (Å²) in [6.45, 7) is 7.12. The quantitative estimate of drug-likeness (QED) is 0.835. The molecule has 4 nitrogen and oxygen atoms in total. The highest BCUT2D eigenvalue weighted by Crippen LogP contribution is 2.26. The van der Waals surface area contributed by atoms with Crippen LogP contribution in [0.15, 0.2) is 12.1 Å². The van der Waals surface area contributed by atoms with E-state index in [2.05, 4.69) is 29.3 Å². The van der Waals surface area contributed by atoms with Gasteiger partial charge in [0, 0.05) is 18.3 Å². The summed E-state index contributed by atoms with van der Waals surface area (Å²) >= 11 is 0. The van der Waals surface area contributed by atoms with Gasteiger partial charge >= 0.3 is 0 Å². The first-order valence-electron chi connectivity index (χ1n) is 7.24. The smallest absolute Gasteiger partial charge is 0.238 e. The van der Waals surface area contributed by atoms with Gasteiger partial charge in [-0.05, 0) is 44.7 Å². The maximum absolute atomic E-state index is 12.2. The Morgan fingerprint density at radius 3 is 2.40 bits per heavy atom. The Balaban J connectivity index is 2.00. The molecule has 0 radical (unpaired) electrons. The summed E-state index contributed by atoms with van der Waals surface area (Å²) in [5.74, 6) is 0.000373. The SMILES string of the molecule is Cc1cc(C)c(NC(=O)CN(CCO)C2CC2)c(C)c1. The first-order chi connectivity index (χ1) is 9.51. The van der Waals surface area contributed by atoms with Crippen molar-refractivity contribution in [1.29, 1.82) is 0 Å². The van der Waals surface area contributed by atoms with Crippen molar-refractivity contribution in [3.05, 3.63) is 28.8 Å². The predicted octanol–water partition coefficient (Wildman–Crippen LogP) is 2.01. The van der Waals surface area contributed by atoms with Gasteiger partial charge in [0.15, 0.2) is 0 Å². The summed E-state index contributed by atoms with van der Waals surface area (Å²) in [4.78, 5) is 14.2. The summed E-state index contributed by atoms with van der Waals surface area (Å²) in [7, 11) is 0. The summed E-state index contributed by atoms with van der Waals surface area (Å²) in [6, 6.07) is 4.64. The Bertz CT molecular complexity index is 472. The number of hydrogen-bond acceptors (Lipinski definition) is 3. The van der Waals surface area contributed by atoms with Gasteiger partial charge in [-0.2, -0.15) is 0 Å². The zero-order valence-electron chi connectivity index (χ0n) is 12.6. The molecule has 0 atom stereocenters. The molecule has 2 rings (SSSR count). The molecule has 0 aromatic heterocycles.